The fourth-order valence-corrected chi connectivity index (χ4v) is 3.79. The summed E-state index contributed by atoms with van der Waals surface area (Å²) in [5, 5.41) is 9.06. The number of benzene rings is 2. The number of aromatic nitrogens is 2. The molecule has 0 saturated carbocycles. The molecule has 0 amide bonds. The van der Waals surface area contributed by atoms with Gasteiger partial charge in [0.25, 0.3) is 10.0 Å². The number of nitriles is 1. The highest BCUT2D eigenvalue weighted by molar-refractivity contribution is 7.93. The zero-order valence-corrected chi connectivity index (χ0v) is 15.1. The van der Waals surface area contributed by atoms with Crippen molar-refractivity contribution in [2.24, 2.45) is 0 Å². The van der Waals surface area contributed by atoms with Gasteiger partial charge in [0, 0.05) is 17.6 Å². The Kier molecular flexibility index (Phi) is 5.03. The SMILES string of the molecule is N#Cc1ccc(Oc2ccc(S(=O)(=O)Nc3ncns3)cc2F)cc1Cl. The first kappa shape index (κ1) is 18.1. The Balaban J connectivity index is 1.84. The number of nitrogens with one attached hydrogen (secondary N) is 1. The molecule has 0 saturated heterocycles. The molecule has 0 radical (unpaired) electrons. The molecule has 11 heteroatoms. The first-order chi connectivity index (χ1) is 12.4. The second-order valence-corrected chi connectivity index (χ2v) is 7.67. The van der Waals surface area contributed by atoms with Crippen LogP contribution >= 0.6 is 23.1 Å². The van der Waals surface area contributed by atoms with Gasteiger partial charge in [-0.25, -0.2) is 17.8 Å². The Morgan fingerprint density at radius 1 is 1.27 bits per heavy atom. The van der Waals surface area contributed by atoms with Crippen LogP contribution in [0.15, 0.2) is 47.6 Å². The van der Waals surface area contributed by atoms with Crippen molar-refractivity contribution in [1.29, 1.82) is 5.26 Å². The summed E-state index contributed by atoms with van der Waals surface area (Å²) in [4.78, 5) is 3.41. The molecule has 0 aliphatic rings. The molecule has 1 N–H and O–H groups in total. The van der Waals surface area contributed by atoms with E-state index in [0.29, 0.717) is 0 Å². The van der Waals surface area contributed by atoms with E-state index in [1.165, 1.54) is 36.7 Å². The number of anilines is 1. The van der Waals surface area contributed by atoms with Crippen molar-refractivity contribution in [3.63, 3.8) is 0 Å². The van der Waals surface area contributed by atoms with Gasteiger partial charge in [0.15, 0.2) is 11.6 Å². The highest BCUT2D eigenvalue weighted by Crippen LogP contribution is 2.30. The summed E-state index contributed by atoms with van der Waals surface area (Å²) in [6, 6.07) is 9.33. The van der Waals surface area contributed by atoms with Crippen molar-refractivity contribution in [3.8, 4) is 17.6 Å². The molecule has 0 aliphatic carbocycles. The summed E-state index contributed by atoms with van der Waals surface area (Å²) in [7, 11) is -4.01. The van der Waals surface area contributed by atoms with E-state index in [9.17, 15) is 12.8 Å². The van der Waals surface area contributed by atoms with Crippen molar-refractivity contribution in [2.45, 2.75) is 4.90 Å². The maximum Gasteiger partial charge on any atom is 0.263 e. The van der Waals surface area contributed by atoms with Crippen LogP contribution in [-0.2, 0) is 10.0 Å². The monoisotopic (exact) mass is 410 g/mol. The maximum absolute atomic E-state index is 14.3. The van der Waals surface area contributed by atoms with Crippen LogP contribution < -0.4 is 9.46 Å². The van der Waals surface area contributed by atoms with Crippen LogP contribution in [0, 0.1) is 17.1 Å². The first-order valence-electron chi connectivity index (χ1n) is 6.85. The van der Waals surface area contributed by atoms with E-state index in [2.05, 4.69) is 14.1 Å². The topological polar surface area (TPSA) is 105 Å². The minimum atomic E-state index is -4.01. The number of rotatable bonds is 5. The molecular formula is C15H8ClFN4O3S2. The van der Waals surface area contributed by atoms with Crippen molar-refractivity contribution < 1.29 is 17.5 Å². The van der Waals surface area contributed by atoms with Crippen LogP contribution in [0.2, 0.25) is 5.02 Å². The van der Waals surface area contributed by atoms with E-state index in [4.69, 9.17) is 21.6 Å². The lowest BCUT2D eigenvalue weighted by molar-refractivity contribution is 0.441. The van der Waals surface area contributed by atoms with Gasteiger partial charge >= 0.3 is 0 Å². The maximum atomic E-state index is 14.3. The van der Waals surface area contributed by atoms with Crippen LogP contribution in [0.1, 0.15) is 5.56 Å². The Hall–Kier alpha value is -2.74. The molecule has 0 atom stereocenters. The van der Waals surface area contributed by atoms with Gasteiger partial charge in [0.1, 0.15) is 18.1 Å². The summed E-state index contributed by atoms with van der Waals surface area (Å²) in [5.74, 6) is -0.873. The van der Waals surface area contributed by atoms with Crippen LogP contribution in [0.25, 0.3) is 0 Å². The van der Waals surface area contributed by atoms with E-state index < -0.39 is 15.8 Å². The third-order valence-corrected chi connectivity index (χ3v) is 5.44. The summed E-state index contributed by atoms with van der Waals surface area (Å²) < 4.78 is 49.9. The average Bonchev–Trinajstić information content (AvgIpc) is 3.09. The van der Waals surface area contributed by atoms with Crippen molar-refractivity contribution in [2.75, 3.05) is 4.72 Å². The molecule has 3 aromatic rings. The fourth-order valence-electron chi connectivity index (χ4n) is 1.90. The third-order valence-electron chi connectivity index (χ3n) is 3.09. The average molecular weight is 411 g/mol. The molecule has 1 aromatic heterocycles. The molecule has 7 nitrogen and oxygen atoms in total. The van der Waals surface area contributed by atoms with Gasteiger partial charge in [0.2, 0.25) is 5.13 Å². The third kappa shape index (κ3) is 3.91. The van der Waals surface area contributed by atoms with Crippen molar-refractivity contribution >= 4 is 38.3 Å². The minimum Gasteiger partial charge on any atom is -0.454 e. The highest BCUT2D eigenvalue weighted by atomic mass is 35.5. The van der Waals surface area contributed by atoms with Crippen LogP contribution in [0.3, 0.4) is 0 Å². The molecule has 0 unspecified atom stereocenters. The van der Waals surface area contributed by atoms with E-state index >= 15 is 0 Å². The van der Waals surface area contributed by atoms with Crippen molar-refractivity contribution in [1.82, 2.24) is 9.36 Å². The predicted octanol–water partition coefficient (Wildman–Crippen LogP) is 3.80. The Labute approximate surface area is 156 Å². The Morgan fingerprint density at radius 3 is 2.69 bits per heavy atom. The van der Waals surface area contributed by atoms with Crippen LogP contribution in [-0.4, -0.2) is 17.8 Å². The second-order valence-electron chi connectivity index (χ2n) is 4.80. The number of nitrogens with zero attached hydrogens (tertiary/aromatic N) is 3. The molecule has 0 aliphatic heterocycles. The van der Waals surface area contributed by atoms with Gasteiger partial charge in [-0.1, -0.05) is 11.6 Å². The van der Waals surface area contributed by atoms with Gasteiger partial charge in [-0.05, 0) is 30.3 Å². The van der Waals surface area contributed by atoms with E-state index in [0.717, 1.165) is 17.6 Å². The molecule has 0 fully saturated rings. The lowest BCUT2D eigenvalue weighted by Gasteiger charge is -2.10. The number of sulfonamides is 1. The second kappa shape index (κ2) is 7.25. The number of halogens is 2. The Bertz CT molecular complexity index is 1100. The molecule has 0 bridgehead atoms. The molecule has 26 heavy (non-hydrogen) atoms. The normalized spacial score (nSPS) is 11.0. The Morgan fingerprint density at radius 2 is 2.08 bits per heavy atom. The minimum absolute atomic E-state index is 0.0676. The fraction of sp³-hybridized carbons (Fsp3) is 0. The standard InChI is InChI=1S/C15H8ClFN4O3S2/c16-12-5-10(2-1-9(12)7-18)24-14-4-3-11(6-13(14)17)26(22,23)21-15-19-8-20-25-15/h1-6,8H,(H,19,20,21). The molecule has 132 valence electrons. The van der Waals surface area contributed by atoms with E-state index in [1.807, 2.05) is 6.07 Å². The van der Waals surface area contributed by atoms with Crippen LogP contribution in [0.4, 0.5) is 9.52 Å². The number of ether oxygens (including phenoxy) is 1. The summed E-state index contributed by atoms with van der Waals surface area (Å²) in [5.41, 5.74) is 0.253. The first-order valence-corrected chi connectivity index (χ1v) is 9.49. The zero-order valence-electron chi connectivity index (χ0n) is 12.7. The molecular weight excluding hydrogens is 403 g/mol. The van der Waals surface area contributed by atoms with Crippen LogP contribution in [0.5, 0.6) is 11.5 Å². The molecule has 1 heterocycles. The molecule has 3 rings (SSSR count). The van der Waals surface area contributed by atoms with Gasteiger partial charge in [0.05, 0.1) is 15.5 Å². The number of hydrogen-bond acceptors (Lipinski definition) is 7. The van der Waals surface area contributed by atoms with Gasteiger partial charge in [-0.15, -0.1) is 0 Å². The number of hydrogen-bond donors (Lipinski definition) is 1. The van der Waals surface area contributed by atoms with Gasteiger partial charge < -0.3 is 4.74 Å². The largest absolute Gasteiger partial charge is 0.454 e. The lowest BCUT2D eigenvalue weighted by atomic mass is 10.2. The van der Waals surface area contributed by atoms with Crippen molar-refractivity contribution in [3.05, 3.63) is 59.1 Å². The summed E-state index contributed by atoms with van der Waals surface area (Å²) in [6.45, 7) is 0. The molecule has 2 aromatic carbocycles. The quantitative estimate of drug-likeness (QED) is 0.685. The smallest absolute Gasteiger partial charge is 0.263 e. The highest BCUT2D eigenvalue weighted by Gasteiger charge is 2.18. The predicted molar refractivity (Wildman–Crippen MR) is 93.4 cm³/mol. The van der Waals surface area contributed by atoms with Gasteiger partial charge in [-0.3, -0.25) is 4.72 Å². The zero-order chi connectivity index (χ0) is 18.7. The van der Waals surface area contributed by atoms with E-state index in [-0.39, 0.29) is 32.1 Å². The summed E-state index contributed by atoms with van der Waals surface area (Å²) in [6.07, 6.45) is 1.20. The van der Waals surface area contributed by atoms with Gasteiger partial charge in [-0.2, -0.15) is 9.64 Å². The summed E-state index contributed by atoms with van der Waals surface area (Å²) >= 11 is 6.75. The van der Waals surface area contributed by atoms with E-state index in [1.54, 1.807) is 0 Å². The molecule has 0 spiro atoms. The lowest BCUT2D eigenvalue weighted by Crippen LogP contribution is -2.13.